The number of aliphatic hydroxyl groups excluding tert-OH is 4. The Morgan fingerprint density at radius 3 is 2.02 bits per heavy atom. The van der Waals surface area contributed by atoms with Crippen molar-refractivity contribution in [3.63, 3.8) is 0 Å². The SMILES string of the molecule is CCCCCC(=O)OC[C@H](COP(=O)(OCC[Si](C)(C)C)O[C@@H]1C[C@H](O)[C@@H](O)[C@H](O)[C@H]1O)OC(=O)CCCCC. The molecule has 1 aliphatic carbocycles. The third-order valence-electron chi connectivity index (χ3n) is 6.43. The second kappa shape index (κ2) is 18.6. The number of aliphatic hydroxyl groups is 4. The Kier molecular flexibility index (Phi) is 17.3. The number of unbranched alkanes of at least 4 members (excludes halogenated alkanes) is 4. The van der Waals surface area contributed by atoms with Gasteiger partial charge in [-0.2, -0.15) is 0 Å². The lowest BCUT2D eigenvalue weighted by Crippen LogP contribution is -2.56. The van der Waals surface area contributed by atoms with E-state index in [0.717, 1.165) is 25.7 Å². The Hall–Kier alpha value is -0.893. The normalized spacial score (nSPS) is 25.7. The van der Waals surface area contributed by atoms with Gasteiger partial charge >= 0.3 is 19.8 Å². The summed E-state index contributed by atoms with van der Waals surface area (Å²) in [4.78, 5) is 24.5. The van der Waals surface area contributed by atoms with Gasteiger partial charge in [-0.25, -0.2) is 4.57 Å². The molecule has 0 spiro atoms. The molecule has 1 aliphatic rings. The number of ether oxygens (including phenoxy) is 2. The number of phosphoric ester groups is 1. The Labute approximate surface area is 239 Å². The van der Waals surface area contributed by atoms with Gasteiger partial charge in [0, 0.05) is 27.3 Å². The van der Waals surface area contributed by atoms with Crippen molar-refractivity contribution in [2.45, 2.75) is 134 Å². The first kappa shape index (κ1) is 37.1. The Balaban J connectivity index is 2.98. The van der Waals surface area contributed by atoms with E-state index < -0.39 is 71.1 Å². The zero-order chi connectivity index (χ0) is 30.3. The van der Waals surface area contributed by atoms with E-state index in [2.05, 4.69) is 19.6 Å². The molecule has 1 rings (SSSR count). The first-order valence-electron chi connectivity index (χ1n) is 14.4. The predicted molar refractivity (Wildman–Crippen MR) is 150 cm³/mol. The number of carbonyl (C=O) groups is 2. The fourth-order valence-corrected chi connectivity index (χ4v) is 6.12. The number of hydrogen-bond donors (Lipinski definition) is 4. The molecule has 0 aliphatic heterocycles. The minimum Gasteiger partial charge on any atom is -0.462 e. The highest BCUT2D eigenvalue weighted by Gasteiger charge is 2.46. The summed E-state index contributed by atoms with van der Waals surface area (Å²) in [5, 5.41) is 40.3. The molecule has 0 heterocycles. The van der Waals surface area contributed by atoms with Crippen LogP contribution in [0.5, 0.6) is 0 Å². The molecular weight excluding hydrogens is 563 g/mol. The molecule has 1 saturated carbocycles. The number of rotatable bonds is 20. The molecule has 1 fully saturated rings. The molecule has 0 amide bonds. The molecule has 0 aromatic heterocycles. The molecule has 236 valence electrons. The van der Waals surface area contributed by atoms with Crippen LogP contribution in [-0.4, -0.2) is 96.9 Å². The number of hydrogen-bond acceptors (Lipinski definition) is 12. The van der Waals surface area contributed by atoms with Crippen molar-refractivity contribution in [2.24, 2.45) is 0 Å². The van der Waals surface area contributed by atoms with Gasteiger partial charge in [0.25, 0.3) is 0 Å². The fraction of sp³-hybridized carbons (Fsp3) is 0.923. The number of phosphoric acid groups is 1. The van der Waals surface area contributed by atoms with Crippen LogP contribution in [0.2, 0.25) is 25.7 Å². The van der Waals surface area contributed by atoms with E-state index >= 15 is 0 Å². The van der Waals surface area contributed by atoms with Crippen LogP contribution in [-0.2, 0) is 37.2 Å². The van der Waals surface area contributed by atoms with Crippen LogP contribution in [0.1, 0.15) is 71.6 Å². The van der Waals surface area contributed by atoms with Crippen LogP contribution in [0, 0.1) is 0 Å². The molecule has 0 bridgehead atoms. The third-order valence-corrected chi connectivity index (χ3v) is 9.63. The van der Waals surface area contributed by atoms with Crippen LogP contribution in [0.4, 0.5) is 0 Å². The van der Waals surface area contributed by atoms with Crippen molar-refractivity contribution in [3.8, 4) is 0 Å². The third kappa shape index (κ3) is 14.8. The van der Waals surface area contributed by atoms with Gasteiger partial charge in [-0.1, -0.05) is 59.2 Å². The van der Waals surface area contributed by atoms with Crippen LogP contribution in [0.3, 0.4) is 0 Å². The highest BCUT2D eigenvalue weighted by Crippen LogP contribution is 2.52. The van der Waals surface area contributed by atoms with Crippen molar-refractivity contribution < 1.29 is 57.6 Å². The summed E-state index contributed by atoms with van der Waals surface area (Å²) < 4.78 is 41.0. The number of carbonyl (C=O) groups excluding carboxylic acids is 2. The Morgan fingerprint density at radius 2 is 1.45 bits per heavy atom. The van der Waals surface area contributed by atoms with E-state index in [0.29, 0.717) is 18.9 Å². The van der Waals surface area contributed by atoms with Crippen LogP contribution < -0.4 is 0 Å². The van der Waals surface area contributed by atoms with Gasteiger partial charge in [0.15, 0.2) is 6.10 Å². The predicted octanol–water partition coefficient (Wildman–Crippen LogP) is 3.31. The highest BCUT2D eigenvalue weighted by atomic mass is 31.2. The first-order valence-corrected chi connectivity index (χ1v) is 19.5. The highest BCUT2D eigenvalue weighted by molar-refractivity contribution is 7.48. The molecule has 40 heavy (non-hydrogen) atoms. The molecular formula is C26H51O12PSi. The maximum atomic E-state index is 13.7. The lowest BCUT2D eigenvalue weighted by molar-refractivity contribution is -0.175. The number of esters is 2. The van der Waals surface area contributed by atoms with E-state index in [9.17, 15) is 34.6 Å². The van der Waals surface area contributed by atoms with Crippen molar-refractivity contribution in [1.82, 2.24) is 0 Å². The van der Waals surface area contributed by atoms with E-state index in [4.69, 9.17) is 23.0 Å². The quantitative estimate of drug-likeness (QED) is 0.0682. The minimum absolute atomic E-state index is 0.0113. The van der Waals surface area contributed by atoms with Crippen molar-refractivity contribution in [3.05, 3.63) is 0 Å². The summed E-state index contributed by atoms with van der Waals surface area (Å²) in [5.41, 5.74) is 0. The second-order valence-corrected chi connectivity index (χ2v) is 18.8. The summed E-state index contributed by atoms with van der Waals surface area (Å²) in [6.45, 7) is 9.47. The van der Waals surface area contributed by atoms with E-state index in [-0.39, 0.29) is 32.5 Å². The average molecular weight is 615 g/mol. The Morgan fingerprint density at radius 1 is 0.850 bits per heavy atom. The van der Waals surface area contributed by atoms with Crippen molar-refractivity contribution in [1.29, 1.82) is 0 Å². The van der Waals surface area contributed by atoms with E-state index in [1.54, 1.807) is 0 Å². The Bertz CT molecular complexity index is 792. The molecule has 0 aromatic carbocycles. The smallest absolute Gasteiger partial charge is 0.462 e. The second-order valence-electron chi connectivity index (χ2n) is 11.5. The van der Waals surface area contributed by atoms with Crippen LogP contribution in [0.15, 0.2) is 0 Å². The molecule has 14 heteroatoms. The topological polar surface area (TPSA) is 178 Å². The van der Waals surface area contributed by atoms with Crippen LogP contribution >= 0.6 is 7.82 Å². The average Bonchev–Trinajstić information content (AvgIpc) is 2.87. The van der Waals surface area contributed by atoms with Gasteiger partial charge in [0.2, 0.25) is 0 Å². The van der Waals surface area contributed by atoms with Gasteiger partial charge in [0.05, 0.1) is 19.3 Å². The molecule has 12 nitrogen and oxygen atoms in total. The maximum absolute atomic E-state index is 13.7. The molecule has 4 N–H and O–H groups in total. The first-order chi connectivity index (χ1) is 18.7. The monoisotopic (exact) mass is 614 g/mol. The van der Waals surface area contributed by atoms with Crippen LogP contribution in [0.25, 0.3) is 0 Å². The summed E-state index contributed by atoms with van der Waals surface area (Å²) in [5.74, 6) is -0.986. The largest absolute Gasteiger partial charge is 0.475 e. The lowest BCUT2D eigenvalue weighted by atomic mass is 9.87. The summed E-state index contributed by atoms with van der Waals surface area (Å²) >= 11 is 0. The standard InChI is InChI=1S/C26H51O12PSi/c1-6-8-10-12-22(28)34-17-19(37-23(29)13-11-9-7-2)18-36-39(33,35-14-15-40(3,4)5)38-21-16-20(27)24(30)26(32)25(21)31/h19-21,24-27,30-32H,6-18H2,1-5H3/t19-,20+,21-,24-,25+,26+,39?/m1/s1. The van der Waals surface area contributed by atoms with Gasteiger partial charge < -0.3 is 29.9 Å². The molecule has 0 radical (unpaired) electrons. The molecule has 7 atom stereocenters. The van der Waals surface area contributed by atoms with E-state index in [1.165, 1.54) is 0 Å². The van der Waals surface area contributed by atoms with E-state index in [1.807, 2.05) is 13.8 Å². The molecule has 1 unspecified atom stereocenters. The lowest BCUT2D eigenvalue weighted by Gasteiger charge is -2.38. The zero-order valence-corrected chi connectivity index (χ0v) is 26.6. The maximum Gasteiger partial charge on any atom is 0.475 e. The zero-order valence-electron chi connectivity index (χ0n) is 24.7. The van der Waals surface area contributed by atoms with Gasteiger partial charge in [-0.05, 0) is 18.9 Å². The summed E-state index contributed by atoms with van der Waals surface area (Å²) in [6.07, 6.45) is -4.06. The summed E-state index contributed by atoms with van der Waals surface area (Å²) in [7, 11) is -6.07. The van der Waals surface area contributed by atoms with Crippen molar-refractivity contribution in [2.75, 3.05) is 19.8 Å². The van der Waals surface area contributed by atoms with Gasteiger partial charge in [0.1, 0.15) is 31.0 Å². The summed E-state index contributed by atoms with van der Waals surface area (Å²) in [6, 6.07) is 0.603. The van der Waals surface area contributed by atoms with Gasteiger partial charge in [-0.3, -0.25) is 23.2 Å². The van der Waals surface area contributed by atoms with Gasteiger partial charge in [-0.15, -0.1) is 0 Å². The minimum atomic E-state index is -4.45. The fourth-order valence-electron chi connectivity index (χ4n) is 3.83. The molecule has 0 aromatic rings. The van der Waals surface area contributed by atoms with Crippen molar-refractivity contribution >= 4 is 27.8 Å². The molecule has 0 saturated heterocycles.